The summed E-state index contributed by atoms with van der Waals surface area (Å²) in [4.78, 5) is 42.0. The van der Waals surface area contributed by atoms with E-state index in [2.05, 4.69) is 10.1 Å². The van der Waals surface area contributed by atoms with Gasteiger partial charge in [0.25, 0.3) is 11.5 Å². The van der Waals surface area contributed by atoms with Crippen LogP contribution in [0, 0.1) is 5.82 Å². The molecule has 2 heterocycles. The van der Waals surface area contributed by atoms with Crippen LogP contribution in [0.4, 0.5) is 4.39 Å². The molecule has 0 radical (unpaired) electrons. The maximum atomic E-state index is 13.8. The molecule has 0 saturated heterocycles. The number of rotatable bonds is 7. The van der Waals surface area contributed by atoms with Crippen molar-refractivity contribution in [3.05, 3.63) is 52.5 Å². The summed E-state index contributed by atoms with van der Waals surface area (Å²) in [6, 6.07) is 4.36. The molecule has 1 aromatic carbocycles. The van der Waals surface area contributed by atoms with E-state index < -0.39 is 36.4 Å². The monoisotopic (exact) mass is 417 g/mol. The van der Waals surface area contributed by atoms with Crippen molar-refractivity contribution >= 4 is 22.9 Å². The van der Waals surface area contributed by atoms with Crippen molar-refractivity contribution in [1.29, 1.82) is 0 Å². The van der Waals surface area contributed by atoms with Gasteiger partial charge in [-0.25, -0.2) is 9.37 Å². The molecule has 158 valence electrons. The van der Waals surface area contributed by atoms with Gasteiger partial charge in [0.1, 0.15) is 18.3 Å². The highest BCUT2D eigenvalue weighted by Gasteiger charge is 2.15. The molecule has 3 aromatic rings. The summed E-state index contributed by atoms with van der Waals surface area (Å²) in [6.45, 7) is -0.777. The Labute approximate surface area is 170 Å². The van der Waals surface area contributed by atoms with E-state index >= 15 is 0 Å². The van der Waals surface area contributed by atoms with Crippen LogP contribution in [0.2, 0.25) is 0 Å². The molecule has 0 bridgehead atoms. The second kappa shape index (κ2) is 8.72. The average molecular weight is 417 g/mol. The third-order valence-electron chi connectivity index (χ3n) is 4.44. The van der Waals surface area contributed by atoms with Crippen LogP contribution in [0.15, 0.2) is 35.5 Å². The molecule has 0 saturated carbocycles. The Bertz CT molecular complexity index is 1160. The van der Waals surface area contributed by atoms with Crippen LogP contribution >= 0.6 is 0 Å². The lowest BCUT2D eigenvalue weighted by Crippen LogP contribution is -2.32. The van der Waals surface area contributed by atoms with E-state index in [0.717, 1.165) is 4.57 Å². The number of halogens is 1. The second-order valence-electron chi connectivity index (χ2n) is 6.56. The Kier molecular flexibility index (Phi) is 6.09. The summed E-state index contributed by atoms with van der Waals surface area (Å²) < 4.78 is 26.1. The van der Waals surface area contributed by atoms with Gasteiger partial charge in [-0.15, -0.1) is 0 Å². The molecule has 30 heavy (non-hydrogen) atoms. The molecule has 0 atom stereocenters. The fourth-order valence-corrected chi connectivity index (χ4v) is 2.79. The predicted molar refractivity (Wildman–Crippen MR) is 103 cm³/mol. The summed E-state index contributed by atoms with van der Waals surface area (Å²) in [5.74, 6) is -1.67. The van der Waals surface area contributed by atoms with Crippen molar-refractivity contribution in [2.45, 2.75) is 13.1 Å². The summed E-state index contributed by atoms with van der Waals surface area (Å²) in [5, 5.41) is 4.22. The summed E-state index contributed by atoms with van der Waals surface area (Å²) in [6.07, 6.45) is 2.59. The standard InChI is InChI=1S/C19H20FN5O5/c1-23(8-12-4-5-15(29-3)14(20)6-12)16(26)10-30-17(27)9-25-11-21-18-13(19(25)28)7-22-24(18)2/h4-7,11H,8-10H2,1-3H3. The average Bonchev–Trinajstić information content (AvgIpc) is 3.10. The number of amides is 1. The molecule has 2 aromatic heterocycles. The van der Waals surface area contributed by atoms with Crippen LogP contribution in [0.1, 0.15) is 5.56 Å². The zero-order chi connectivity index (χ0) is 21.8. The number of benzene rings is 1. The molecule has 0 unspecified atom stereocenters. The van der Waals surface area contributed by atoms with Gasteiger partial charge < -0.3 is 14.4 Å². The Morgan fingerprint density at radius 3 is 2.77 bits per heavy atom. The van der Waals surface area contributed by atoms with Crippen molar-refractivity contribution in [1.82, 2.24) is 24.2 Å². The highest BCUT2D eigenvalue weighted by atomic mass is 19.1. The van der Waals surface area contributed by atoms with Gasteiger partial charge in [-0.1, -0.05) is 6.07 Å². The molecular weight excluding hydrogens is 397 g/mol. The number of carbonyl (C=O) groups excluding carboxylic acids is 2. The van der Waals surface area contributed by atoms with Crippen LogP contribution in [0.5, 0.6) is 5.75 Å². The molecule has 0 aliphatic rings. The van der Waals surface area contributed by atoms with Crippen molar-refractivity contribution in [2.75, 3.05) is 20.8 Å². The predicted octanol–water partition coefficient (Wildman–Crippen LogP) is 0.479. The second-order valence-corrected chi connectivity index (χ2v) is 6.56. The topological polar surface area (TPSA) is 109 Å². The molecule has 1 amide bonds. The lowest BCUT2D eigenvalue weighted by atomic mass is 10.2. The van der Waals surface area contributed by atoms with E-state index in [-0.39, 0.29) is 17.7 Å². The summed E-state index contributed by atoms with van der Waals surface area (Å²) >= 11 is 0. The number of hydrogen-bond donors (Lipinski definition) is 0. The quantitative estimate of drug-likeness (QED) is 0.515. The lowest BCUT2D eigenvalue weighted by Gasteiger charge is -2.17. The van der Waals surface area contributed by atoms with Gasteiger partial charge in [0.2, 0.25) is 0 Å². The highest BCUT2D eigenvalue weighted by molar-refractivity contribution is 5.80. The van der Waals surface area contributed by atoms with Gasteiger partial charge in [0.15, 0.2) is 23.8 Å². The number of fused-ring (bicyclic) bond motifs is 1. The number of carbonyl (C=O) groups is 2. The minimum Gasteiger partial charge on any atom is -0.494 e. The number of likely N-dealkylation sites (N-methyl/N-ethyl adjacent to an activating group) is 1. The molecule has 3 rings (SSSR count). The fourth-order valence-electron chi connectivity index (χ4n) is 2.79. The first-order valence-electron chi connectivity index (χ1n) is 8.89. The molecule has 0 N–H and O–H groups in total. The number of aromatic nitrogens is 4. The fraction of sp³-hybridized carbons (Fsp3) is 0.316. The van der Waals surface area contributed by atoms with Crippen LogP contribution in [-0.4, -0.2) is 56.9 Å². The number of aryl methyl sites for hydroxylation is 1. The van der Waals surface area contributed by atoms with Gasteiger partial charge in [-0.2, -0.15) is 5.10 Å². The zero-order valence-electron chi connectivity index (χ0n) is 16.7. The van der Waals surface area contributed by atoms with E-state index in [0.29, 0.717) is 11.2 Å². The Balaban J connectivity index is 1.55. The number of methoxy groups -OCH3 is 1. The maximum absolute atomic E-state index is 13.8. The number of hydrogen-bond acceptors (Lipinski definition) is 7. The highest BCUT2D eigenvalue weighted by Crippen LogP contribution is 2.18. The van der Waals surface area contributed by atoms with E-state index in [1.807, 2.05) is 0 Å². The van der Waals surface area contributed by atoms with Crippen LogP contribution < -0.4 is 10.3 Å². The van der Waals surface area contributed by atoms with Gasteiger partial charge in [0, 0.05) is 20.6 Å². The Morgan fingerprint density at radius 1 is 1.30 bits per heavy atom. The third-order valence-corrected chi connectivity index (χ3v) is 4.44. The molecule has 11 heteroatoms. The van der Waals surface area contributed by atoms with Crippen molar-refractivity contribution < 1.29 is 23.5 Å². The van der Waals surface area contributed by atoms with Crippen LogP contribution in [0.25, 0.3) is 11.0 Å². The summed E-state index contributed by atoms with van der Waals surface area (Å²) in [7, 11) is 4.51. The molecule has 0 aliphatic heterocycles. The first kappa shape index (κ1) is 21.0. The van der Waals surface area contributed by atoms with Crippen LogP contribution in [-0.2, 0) is 34.5 Å². The molecule has 0 spiro atoms. The van der Waals surface area contributed by atoms with Gasteiger partial charge in [0.05, 0.1) is 13.3 Å². The first-order valence-corrected chi connectivity index (χ1v) is 8.89. The Hall–Kier alpha value is -3.76. The van der Waals surface area contributed by atoms with Crippen LogP contribution in [0.3, 0.4) is 0 Å². The van der Waals surface area contributed by atoms with E-state index in [4.69, 9.17) is 9.47 Å². The maximum Gasteiger partial charge on any atom is 0.326 e. The van der Waals surface area contributed by atoms with E-state index in [1.54, 1.807) is 13.1 Å². The summed E-state index contributed by atoms with van der Waals surface area (Å²) in [5.41, 5.74) is 0.518. The lowest BCUT2D eigenvalue weighted by molar-refractivity contribution is -0.152. The molecule has 10 nitrogen and oxygen atoms in total. The SMILES string of the molecule is COc1ccc(CN(C)C(=O)COC(=O)Cn2cnc3c(cnn3C)c2=O)cc1F. The zero-order valence-corrected chi connectivity index (χ0v) is 16.7. The van der Waals surface area contributed by atoms with E-state index in [9.17, 15) is 18.8 Å². The van der Waals surface area contributed by atoms with E-state index in [1.165, 1.54) is 48.4 Å². The van der Waals surface area contributed by atoms with Gasteiger partial charge >= 0.3 is 5.97 Å². The minimum absolute atomic E-state index is 0.107. The molecule has 0 fully saturated rings. The first-order chi connectivity index (χ1) is 14.3. The van der Waals surface area contributed by atoms with Gasteiger partial charge in [-0.05, 0) is 17.7 Å². The number of ether oxygens (including phenoxy) is 2. The van der Waals surface area contributed by atoms with Crippen molar-refractivity contribution in [3.63, 3.8) is 0 Å². The van der Waals surface area contributed by atoms with Crippen molar-refractivity contribution in [2.24, 2.45) is 7.05 Å². The third kappa shape index (κ3) is 4.45. The normalized spacial score (nSPS) is 10.8. The Morgan fingerprint density at radius 2 is 2.07 bits per heavy atom. The number of esters is 1. The number of nitrogens with zero attached hydrogens (tertiary/aromatic N) is 5. The molecular formula is C19H20FN5O5. The van der Waals surface area contributed by atoms with Crippen molar-refractivity contribution in [3.8, 4) is 5.75 Å². The minimum atomic E-state index is -0.764. The smallest absolute Gasteiger partial charge is 0.326 e. The molecule has 0 aliphatic carbocycles. The van der Waals surface area contributed by atoms with Gasteiger partial charge in [-0.3, -0.25) is 23.6 Å². The largest absolute Gasteiger partial charge is 0.494 e.